The van der Waals surface area contributed by atoms with Crippen molar-refractivity contribution in [3.63, 3.8) is 0 Å². The molecule has 1 aliphatic heterocycles. The molecule has 3 heteroatoms. The van der Waals surface area contributed by atoms with Gasteiger partial charge in [-0.15, -0.1) is 0 Å². The van der Waals surface area contributed by atoms with Gasteiger partial charge in [-0.2, -0.15) is 0 Å². The van der Waals surface area contributed by atoms with Crippen LogP contribution in [0.15, 0.2) is 35.4 Å². The van der Waals surface area contributed by atoms with Crippen LogP contribution in [0.3, 0.4) is 0 Å². The molecule has 1 aromatic rings. The summed E-state index contributed by atoms with van der Waals surface area (Å²) in [6.45, 7) is 4.72. The molecule has 0 amide bonds. The Kier molecular flexibility index (Phi) is 4.40. The van der Waals surface area contributed by atoms with Gasteiger partial charge in [-0.05, 0) is 11.6 Å². The molecule has 2 nitrogen and oxygen atoms in total. The minimum absolute atomic E-state index is 0.852. The van der Waals surface area contributed by atoms with Crippen molar-refractivity contribution in [2.24, 2.45) is 0 Å². The van der Waals surface area contributed by atoms with Crippen LogP contribution in [-0.4, -0.2) is 32.8 Å². The highest BCUT2D eigenvalue weighted by molar-refractivity contribution is 6.31. The van der Waals surface area contributed by atoms with E-state index in [2.05, 4.69) is 12.1 Å². The van der Waals surface area contributed by atoms with Gasteiger partial charge < -0.3 is 9.64 Å². The van der Waals surface area contributed by atoms with E-state index in [0.29, 0.717) is 0 Å². The summed E-state index contributed by atoms with van der Waals surface area (Å²) >= 11 is 6.25. The maximum absolute atomic E-state index is 6.25. The van der Waals surface area contributed by atoms with Crippen molar-refractivity contribution < 1.29 is 9.64 Å². The van der Waals surface area contributed by atoms with Crippen LogP contribution < -0.4 is 4.90 Å². The van der Waals surface area contributed by atoms with E-state index in [0.717, 1.165) is 37.9 Å². The van der Waals surface area contributed by atoms with Gasteiger partial charge in [0.15, 0.2) is 0 Å². The molecule has 1 aromatic carbocycles. The van der Waals surface area contributed by atoms with Crippen LogP contribution in [0.25, 0.3) is 6.08 Å². The zero-order valence-corrected chi connectivity index (χ0v) is 10.0. The van der Waals surface area contributed by atoms with Crippen LogP contribution in [0.1, 0.15) is 5.56 Å². The van der Waals surface area contributed by atoms with E-state index >= 15 is 0 Å². The smallest absolute Gasteiger partial charge is 0.114 e. The number of quaternary nitrogens is 1. The Bertz CT molecular complexity index is 344. The molecule has 0 aromatic heterocycles. The van der Waals surface area contributed by atoms with Gasteiger partial charge in [0.2, 0.25) is 0 Å². The average Bonchev–Trinajstić information content (AvgIpc) is 2.31. The molecule has 1 N–H and O–H groups in total. The Hall–Kier alpha value is -0.830. The third-order valence-corrected chi connectivity index (χ3v) is 2.98. The number of benzene rings is 1. The van der Waals surface area contributed by atoms with Crippen LogP contribution >= 0.6 is 11.6 Å². The Morgan fingerprint density at radius 1 is 1.25 bits per heavy atom. The second-order valence-electron chi connectivity index (χ2n) is 4.04. The average molecular weight is 239 g/mol. The highest BCUT2D eigenvalue weighted by Gasteiger charge is 2.14. The molecule has 0 aliphatic carbocycles. The van der Waals surface area contributed by atoms with Crippen LogP contribution in [0.2, 0.25) is 0 Å². The minimum Gasteiger partial charge on any atom is -0.370 e. The molecule has 0 saturated carbocycles. The molecule has 0 bridgehead atoms. The molecule has 0 unspecified atom stereocenters. The summed E-state index contributed by atoms with van der Waals surface area (Å²) < 4.78 is 5.32. The summed E-state index contributed by atoms with van der Waals surface area (Å²) in [4.78, 5) is 1.50. The standard InChI is InChI=1S/C13H16ClNO/c14-13(10-12-4-2-1-3-5-12)11-15-6-8-16-9-7-15/h1-5,10H,6-9,11H2/p+1/b13-10-. The van der Waals surface area contributed by atoms with Crippen molar-refractivity contribution in [2.75, 3.05) is 32.8 Å². The predicted molar refractivity (Wildman–Crippen MR) is 66.7 cm³/mol. The fourth-order valence-corrected chi connectivity index (χ4v) is 2.17. The number of rotatable bonds is 3. The Morgan fingerprint density at radius 3 is 2.62 bits per heavy atom. The third-order valence-electron chi connectivity index (χ3n) is 2.74. The first-order chi connectivity index (χ1) is 7.84. The zero-order chi connectivity index (χ0) is 11.2. The number of halogens is 1. The van der Waals surface area contributed by atoms with Crippen LogP contribution in [0.4, 0.5) is 0 Å². The molecule has 86 valence electrons. The molecular weight excluding hydrogens is 222 g/mol. The largest absolute Gasteiger partial charge is 0.370 e. The van der Waals surface area contributed by atoms with E-state index in [1.807, 2.05) is 24.3 Å². The number of hydrogen-bond donors (Lipinski definition) is 1. The number of nitrogens with one attached hydrogen (secondary N) is 1. The third kappa shape index (κ3) is 3.63. The van der Waals surface area contributed by atoms with Crippen molar-refractivity contribution in [3.05, 3.63) is 40.9 Å². The van der Waals surface area contributed by atoms with Gasteiger partial charge in [-0.25, -0.2) is 0 Å². The fraction of sp³-hybridized carbons (Fsp3) is 0.385. The van der Waals surface area contributed by atoms with Gasteiger partial charge >= 0.3 is 0 Å². The lowest BCUT2D eigenvalue weighted by molar-refractivity contribution is -0.902. The summed E-state index contributed by atoms with van der Waals surface area (Å²) in [5, 5.41) is 0.920. The fourth-order valence-electron chi connectivity index (χ4n) is 1.86. The van der Waals surface area contributed by atoms with E-state index < -0.39 is 0 Å². The van der Waals surface area contributed by atoms with Gasteiger partial charge in [0.05, 0.1) is 18.2 Å². The molecule has 0 radical (unpaired) electrons. The summed E-state index contributed by atoms with van der Waals surface area (Å²) in [5.74, 6) is 0. The minimum atomic E-state index is 0.852. The lowest BCUT2D eigenvalue weighted by Crippen LogP contribution is -3.14. The predicted octanol–water partition coefficient (Wildman–Crippen LogP) is 1.18. The Balaban J connectivity index is 1.91. The van der Waals surface area contributed by atoms with Gasteiger partial charge in [0, 0.05) is 0 Å². The van der Waals surface area contributed by atoms with E-state index in [4.69, 9.17) is 16.3 Å². The first kappa shape index (κ1) is 11.6. The lowest BCUT2D eigenvalue weighted by atomic mass is 10.2. The topological polar surface area (TPSA) is 13.7 Å². The van der Waals surface area contributed by atoms with Gasteiger partial charge in [0.25, 0.3) is 0 Å². The van der Waals surface area contributed by atoms with Crippen LogP contribution in [-0.2, 0) is 4.74 Å². The number of ether oxygens (including phenoxy) is 1. The molecule has 1 heterocycles. The maximum atomic E-state index is 6.25. The van der Waals surface area contributed by atoms with E-state index in [1.54, 1.807) is 0 Å². The Morgan fingerprint density at radius 2 is 1.94 bits per heavy atom. The van der Waals surface area contributed by atoms with Crippen LogP contribution in [0.5, 0.6) is 0 Å². The SMILES string of the molecule is Cl/C(=C\c1ccccc1)C[NH+]1CCOCC1. The molecule has 0 atom stereocenters. The van der Waals surface area contributed by atoms with Crippen molar-refractivity contribution in [2.45, 2.75) is 0 Å². The molecule has 16 heavy (non-hydrogen) atoms. The summed E-state index contributed by atoms with van der Waals surface area (Å²) in [6, 6.07) is 10.2. The molecule has 2 rings (SSSR count). The van der Waals surface area contributed by atoms with E-state index in [9.17, 15) is 0 Å². The molecule has 1 aliphatic rings. The number of hydrogen-bond acceptors (Lipinski definition) is 1. The van der Waals surface area contributed by atoms with Crippen LogP contribution in [0, 0.1) is 0 Å². The van der Waals surface area contributed by atoms with E-state index in [1.165, 1.54) is 10.5 Å². The summed E-state index contributed by atoms with van der Waals surface area (Å²) in [5.41, 5.74) is 1.17. The van der Waals surface area contributed by atoms with Crippen molar-refractivity contribution in [1.29, 1.82) is 0 Å². The van der Waals surface area contributed by atoms with Crippen molar-refractivity contribution in [3.8, 4) is 0 Å². The normalized spacial score (nSPS) is 18.7. The van der Waals surface area contributed by atoms with Crippen molar-refractivity contribution in [1.82, 2.24) is 0 Å². The lowest BCUT2D eigenvalue weighted by Gasteiger charge is -2.23. The highest BCUT2D eigenvalue weighted by atomic mass is 35.5. The quantitative estimate of drug-likeness (QED) is 0.835. The van der Waals surface area contributed by atoms with E-state index in [-0.39, 0.29) is 0 Å². The molecule has 1 fully saturated rings. The van der Waals surface area contributed by atoms with Gasteiger partial charge in [-0.3, -0.25) is 0 Å². The highest BCUT2D eigenvalue weighted by Crippen LogP contribution is 2.08. The summed E-state index contributed by atoms with van der Waals surface area (Å²) in [7, 11) is 0. The molecule has 0 spiro atoms. The molecular formula is C13H17ClNO+. The first-order valence-corrected chi connectivity index (χ1v) is 6.05. The monoisotopic (exact) mass is 238 g/mol. The second-order valence-corrected chi connectivity index (χ2v) is 4.53. The number of morpholine rings is 1. The second kappa shape index (κ2) is 6.04. The van der Waals surface area contributed by atoms with Crippen molar-refractivity contribution >= 4 is 17.7 Å². The maximum Gasteiger partial charge on any atom is 0.114 e. The summed E-state index contributed by atoms with van der Waals surface area (Å²) in [6.07, 6.45) is 2.05. The first-order valence-electron chi connectivity index (χ1n) is 5.67. The zero-order valence-electron chi connectivity index (χ0n) is 9.29. The van der Waals surface area contributed by atoms with Gasteiger partial charge in [-0.1, -0.05) is 41.9 Å². The van der Waals surface area contributed by atoms with Gasteiger partial charge in [0.1, 0.15) is 19.6 Å². The molecule has 1 saturated heterocycles. The Labute approximate surface area is 101 Å².